The first-order chi connectivity index (χ1) is 9.79. The highest BCUT2D eigenvalue weighted by Crippen LogP contribution is 2.31. The molecule has 2 heterocycles. The van der Waals surface area contributed by atoms with Crippen LogP contribution < -0.4 is 5.32 Å². The van der Waals surface area contributed by atoms with Crippen LogP contribution in [-0.2, 0) is 11.3 Å². The molecule has 1 N–H and O–H groups in total. The SMILES string of the molecule is COCCn1nc(C2CCNCC2)c2cc(C)ccc21. The van der Waals surface area contributed by atoms with Crippen LogP contribution in [0.25, 0.3) is 10.9 Å². The number of methoxy groups -OCH3 is 1. The third kappa shape index (κ3) is 2.58. The minimum Gasteiger partial charge on any atom is -0.383 e. The average molecular weight is 273 g/mol. The van der Waals surface area contributed by atoms with E-state index in [-0.39, 0.29) is 0 Å². The van der Waals surface area contributed by atoms with Gasteiger partial charge in [0.25, 0.3) is 0 Å². The van der Waals surface area contributed by atoms with Crippen LogP contribution in [0.4, 0.5) is 0 Å². The van der Waals surface area contributed by atoms with E-state index in [1.807, 2.05) is 0 Å². The van der Waals surface area contributed by atoms with E-state index in [0.717, 1.165) is 19.6 Å². The molecule has 4 nitrogen and oxygen atoms in total. The van der Waals surface area contributed by atoms with Gasteiger partial charge in [-0.3, -0.25) is 4.68 Å². The number of aryl methyl sites for hydroxylation is 1. The second-order valence-electron chi connectivity index (χ2n) is 5.65. The molecule has 1 fully saturated rings. The lowest BCUT2D eigenvalue weighted by atomic mass is 9.92. The third-order valence-electron chi connectivity index (χ3n) is 4.17. The predicted molar refractivity (Wildman–Crippen MR) is 81.2 cm³/mol. The van der Waals surface area contributed by atoms with E-state index in [9.17, 15) is 0 Å². The first-order valence-electron chi connectivity index (χ1n) is 7.46. The van der Waals surface area contributed by atoms with Crippen molar-refractivity contribution >= 4 is 10.9 Å². The molecule has 0 amide bonds. The summed E-state index contributed by atoms with van der Waals surface area (Å²) in [6.07, 6.45) is 2.37. The van der Waals surface area contributed by atoms with Gasteiger partial charge < -0.3 is 10.1 Å². The van der Waals surface area contributed by atoms with E-state index >= 15 is 0 Å². The Kier molecular flexibility index (Phi) is 4.03. The van der Waals surface area contributed by atoms with Crippen LogP contribution in [0.15, 0.2) is 18.2 Å². The van der Waals surface area contributed by atoms with Crippen LogP contribution in [0, 0.1) is 6.92 Å². The van der Waals surface area contributed by atoms with E-state index in [1.54, 1.807) is 7.11 Å². The fourth-order valence-electron chi connectivity index (χ4n) is 3.06. The first-order valence-corrected chi connectivity index (χ1v) is 7.46. The molecule has 0 saturated carbocycles. The van der Waals surface area contributed by atoms with E-state index in [2.05, 4.69) is 35.1 Å². The van der Waals surface area contributed by atoms with Crippen molar-refractivity contribution in [1.29, 1.82) is 0 Å². The maximum Gasteiger partial charge on any atom is 0.0735 e. The summed E-state index contributed by atoms with van der Waals surface area (Å²) in [5, 5.41) is 9.66. The Morgan fingerprint density at radius 2 is 2.15 bits per heavy atom. The van der Waals surface area contributed by atoms with Crippen molar-refractivity contribution in [3.63, 3.8) is 0 Å². The van der Waals surface area contributed by atoms with Gasteiger partial charge in [-0.25, -0.2) is 0 Å². The van der Waals surface area contributed by atoms with Crippen molar-refractivity contribution in [2.24, 2.45) is 0 Å². The Morgan fingerprint density at radius 3 is 2.90 bits per heavy atom. The van der Waals surface area contributed by atoms with Gasteiger partial charge in [-0.2, -0.15) is 5.10 Å². The van der Waals surface area contributed by atoms with Crippen molar-refractivity contribution in [1.82, 2.24) is 15.1 Å². The number of hydrogen-bond acceptors (Lipinski definition) is 3. The Balaban J connectivity index is 2.02. The molecular formula is C16H23N3O. The largest absolute Gasteiger partial charge is 0.383 e. The quantitative estimate of drug-likeness (QED) is 0.930. The van der Waals surface area contributed by atoms with E-state index in [1.165, 1.54) is 35.0 Å². The maximum atomic E-state index is 5.20. The molecule has 0 atom stereocenters. The fourth-order valence-corrected chi connectivity index (χ4v) is 3.06. The molecule has 108 valence electrons. The van der Waals surface area contributed by atoms with Crippen molar-refractivity contribution in [2.75, 3.05) is 26.8 Å². The Labute approximate surface area is 120 Å². The van der Waals surface area contributed by atoms with Gasteiger partial charge >= 0.3 is 0 Å². The standard InChI is InChI=1S/C16H23N3O/c1-12-3-4-15-14(11-12)16(13-5-7-17-8-6-13)18-19(15)9-10-20-2/h3-4,11,13,17H,5-10H2,1-2H3. The zero-order valence-electron chi connectivity index (χ0n) is 12.4. The van der Waals surface area contributed by atoms with E-state index in [0.29, 0.717) is 12.5 Å². The molecule has 1 aliphatic rings. The number of aromatic nitrogens is 2. The second kappa shape index (κ2) is 5.94. The van der Waals surface area contributed by atoms with Gasteiger partial charge in [-0.1, -0.05) is 11.6 Å². The summed E-state index contributed by atoms with van der Waals surface area (Å²) < 4.78 is 7.31. The van der Waals surface area contributed by atoms with Crippen LogP contribution >= 0.6 is 0 Å². The summed E-state index contributed by atoms with van der Waals surface area (Å²) >= 11 is 0. The van der Waals surface area contributed by atoms with Crippen LogP contribution in [0.2, 0.25) is 0 Å². The smallest absolute Gasteiger partial charge is 0.0735 e. The number of hydrogen-bond donors (Lipinski definition) is 1. The highest BCUT2D eigenvalue weighted by atomic mass is 16.5. The normalized spacial score (nSPS) is 16.9. The molecule has 1 saturated heterocycles. The minimum atomic E-state index is 0.587. The molecular weight excluding hydrogens is 250 g/mol. The number of piperidine rings is 1. The van der Waals surface area contributed by atoms with Gasteiger partial charge in [0.2, 0.25) is 0 Å². The number of rotatable bonds is 4. The molecule has 0 radical (unpaired) electrons. The summed E-state index contributed by atoms with van der Waals surface area (Å²) in [7, 11) is 1.74. The molecule has 0 aliphatic carbocycles. The van der Waals surface area contributed by atoms with Gasteiger partial charge in [0.1, 0.15) is 0 Å². The highest BCUT2D eigenvalue weighted by molar-refractivity contribution is 5.83. The molecule has 1 aliphatic heterocycles. The van der Waals surface area contributed by atoms with Gasteiger partial charge in [0, 0.05) is 18.4 Å². The molecule has 2 aromatic rings. The Morgan fingerprint density at radius 1 is 1.35 bits per heavy atom. The van der Waals surface area contributed by atoms with Crippen LogP contribution in [0.3, 0.4) is 0 Å². The minimum absolute atomic E-state index is 0.587. The molecule has 0 bridgehead atoms. The van der Waals surface area contributed by atoms with Gasteiger partial charge in [-0.15, -0.1) is 0 Å². The maximum absolute atomic E-state index is 5.20. The van der Waals surface area contributed by atoms with Crippen molar-refractivity contribution in [3.05, 3.63) is 29.5 Å². The molecule has 20 heavy (non-hydrogen) atoms. The van der Waals surface area contributed by atoms with E-state index < -0.39 is 0 Å². The lowest BCUT2D eigenvalue weighted by molar-refractivity contribution is 0.184. The molecule has 1 aromatic heterocycles. The molecule has 3 rings (SSSR count). The van der Waals surface area contributed by atoms with Crippen molar-refractivity contribution in [3.8, 4) is 0 Å². The summed E-state index contributed by atoms with van der Waals surface area (Å²) in [6, 6.07) is 6.64. The zero-order chi connectivity index (χ0) is 13.9. The van der Waals surface area contributed by atoms with Crippen LogP contribution in [0.1, 0.15) is 30.0 Å². The topological polar surface area (TPSA) is 39.1 Å². The molecule has 4 heteroatoms. The monoisotopic (exact) mass is 273 g/mol. The predicted octanol–water partition coefficient (Wildman–Crippen LogP) is 2.46. The summed E-state index contributed by atoms with van der Waals surface area (Å²) in [5.41, 5.74) is 3.82. The lowest BCUT2D eigenvalue weighted by Gasteiger charge is -2.21. The van der Waals surface area contributed by atoms with E-state index in [4.69, 9.17) is 9.84 Å². The average Bonchev–Trinajstić information content (AvgIpc) is 2.84. The lowest BCUT2D eigenvalue weighted by Crippen LogP contribution is -2.27. The van der Waals surface area contributed by atoms with Crippen LogP contribution in [-0.4, -0.2) is 36.6 Å². The second-order valence-corrected chi connectivity index (χ2v) is 5.65. The van der Waals surface area contributed by atoms with Gasteiger partial charge in [-0.05, 0) is 45.0 Å². The summed E-state index contributed by atoms with van der Waals surface area (Å²) in [4.78, 5) is 0. The number of ether oxygens (including phenoxy) is 1. The highest BCUT2D eigenvalue weighted by Gasteiger charge is 2.21. The number of nitrogens with one attached hydrogen (secondary N) is 1. The zero-order valence-corrected chi connectivity index (χ0v) is 12.4. The van der Waals surface area contributed by atoms with Gasteiger partial charge in [0.15, 0.2) is 0 Å². The van der Waals surface area contributed by atoms with Crippen molar-refractivity contribution < 1.29 is 4.74 Å². The fraction of sp³-hybridized carbons (Fsp3) is 0.562. The summed E-state index contributed by atoms with van der Waals surface area (Å²) in [6.45, 7) is 5.88. The van der Waals surface area contributed by atoms with Crippen LogP contribution in [0.5, 0.6) is 0 Å². The Hall–Kier alpha value is -1.39. The summed E-state index contributed by atoms with van der Waals surface area (Å²) in [5.74, 6) is 0.587. The molecule has 0 spiro atoms. The molecule has 0 unspecified atom stereocenters. The third-order valence-corrected chi connectivity index (χ3v) is 4.17. The Bertz CT molecular complexity index is 585. The van der Waals surface area contributed by atoms with Crippen molar-refractivity contribution in [2.45, 2.75) is 32.2 Å². The number of fused-ring (bicyclic) bond motifs is 1. The number of benzene rings is 1. The molecule has 1 aromatic carbocycles. The van der Waals surface area contributed by atoms with Gasteiger partial charge in [0.05, 0.1) is 24.4 Å². The first kappa shape index (κ1) is 13.6. The number of nitrogens with zero attached hydrogens (tertiary/aromatic N) is 2.